The van der Waals surface area contributed by atoms with Crippen LogP contribution in [0, 0.1) is 0 Å². The van der Waals surface area contributed by atoms with E-state index in [0.717, 1.165) is 51.4 Å². The first-order valence-electron chi connectivity index (χ1n) is 11.1. The van der Waals surface area contributed by atoms with Gasteiger partial charge in [-0.15, -0.1) is 10.2 Å². The van der Waals surface area contributed by atoms with Crippen LogP contribution in [0.25, 0.3) is 22.6 Å². The molecule has 2 heterocycles. The topological polar surface area (TPSA) is 52.8 Å². The molecule has 5 rings (SSSR count). The van der Waals surface area contributed by atoms with Crippen molar-refractivity contribution in [2.24, 2.45) is 0 Å². The number of benzene rings is 3. The number of ether oxygens (including phenoxy) is 1. The van der Waals surface area contributed by atoms with Crippen molar-refractivity contribution < 1.29 is 4.74 Å². The second kappa shape index (κ2) is 9.89. The first-order valence-corrected chi connectivity index (χ1v) is 11.5. The number of aromatic nitrogens is 4. The van der Waals surface area contributed by atoms with Crippen LogP contribution in [0.2, 0.25) is 5.02 Å². The highest BCUT2D eigenvalue weighted by molar-refractivity contribution is 6.30. The second-order valence-electron chi connectivity index (χ2n) is 7.86. The molecule has 0 unspecified atom stereocenters. The van der Waals surface area contributed by atoms with Gasteiger partial charge in [0.1, 0.15) is 18.7 Å². The van der Waals surface area contributed by atoms with Crippen molar-refractivity contribution in [2.75, 3.05) is 0 Å². The number of pyridine rings is 1. The Morgan fingerprint density at radius 2 is 1.74 bits per heavy atom. The van der Waals surface area contributed by atoms with Crippen molar-refractivity contribution in [1.29, 1.82) is 0 Å². The lowest BCUT2D eigenvalue weighted by molar-refractivity contribution is 0.302. The molecule has 168 valence electrons. The van der Waals surface area contributed by atoms with E-state index in [2.05, 4.69) is 40.3 Å². The van der Waals surface area contributed by atoms with Crippen LogP contribution in [0.3, 0.4) is 0 Å². The van der Waals surface area contributed by atoms with Gasteiger partial charge in [-0.1, -0.05) is 60.1 Å². The summed E-state index contributed by atoms with van der Waals surface area (Å²) in [5.74, 6) is 1.59. The molecule has 0 bridgehead atoms. The highest BCUT2D eigenvalue weighted by Crippen LogP contribution is 2.27. The Balaban J connectivity index is 1.39. The summed E-state index contributed by atoms with van der Waals surface area (Å²) in [5, 5.41) is 10.3. The van der Waals surface area contributed by atoms with E-state index < -0.39 is 0 Å². The molecule has 0 saturated heterocycles. The molecule has 0 spiro atoms. The Morgan fingerprint density at radius 1 is 0.941 bits per heavy atom. The number of rotatable bonds is 7. The zero-order valence-electron chi connectivity index (χ0n) is 18.7. The molecule has 0 N–H and O–H groups in total. The van der Waals surface area contributed by atoms with Gasteiger partial charge in [0.15, 0.2) is 5.82 Å². The minimum atomic E-state index is 0.405. The van der Waals surface area contributed by atoms with Crippen molar-refractivity contribution in [2.45, 2.75) is 20.1 Å². The van der Waals surface area contributed by atoms with Crippen LogP contribution < -0.4 is 4.74 Å². The lowest BCUT2D eigenvalue weighted by atomic mass is 10.0. The normalized spacial score (nSPS) is 11.6. The fraction of sp³-hybridized carbons (Fsp3) is 0.107. The average molecular weight is 467 g/mol. The van der Waals surface area contributed by atoms with E-state index in [-0.39, 0.29) is 0 Å². The third-order valence-corrected chi connectivity index (χ3v) is 5.84. The van der Waals surface area contributed by atoms with Gasteiger partial charge in [-0.05, 0) is 60.5 Å². The summed E-state index contributed by atoms with van der Waals surface area (Å²) >= 11 is 6.07. The Bertz CT molecular complexity index is 1440. The van der Waals surface area contributed by atoms with Crippen LogP contribution in [0.1, 0.15) is 29.6 Å². The monoisotopic (exact) mass is 466 g/mol. The second-order valence-corrected chi connectivity index (χ2v) is 8.29. The van der Waals surface area contributed by atoms with Crippen LogP contribution in [0.15, 0.2) is 91.3 Å². The zero-order valence-corrected chi connectivity index (χ0v) is 19.5. The van der Waals surface area contributed by atoms with Gasteiger partial charge < -0.3 is 9.30 Å². The Kier molecular flexibility index (Phi) is 6.36. The van der Waals surface area contributed by atoms with Crippen LogP contribution in [-0.2, 0) is 13.2 Å². The maximum Gasteiger partial charge on any atom is 0.164 e. The predicted octanol–water partition coefficient (Wildman–Crippen LogP) is 6.67. The fourth-order valence-corrected chi connectivity index (χ4v) is 3.90. The molecule has 0 radical (unpaired) electrons. The van der Waals surface area contributed by atoms with Crippen LogP contribution in [0.5, 0.6) is 5.75 Å². The summed E-state index contributed by atoms with van der Waals surface area (Å²) in [4.78, 5) is 4.68. The summed E-state index contributed by atoms with van der Waals surface area (Å²) in [7, 11) is 0. The smallest absolute Gasteiger partial charge is 0.164 e. The summed E-state index contributed by atoms with van der Waals surface area (Å²) in [6.45, 7) is 3.26. The summed E-state index contributed by atoms with van der Waals surface area (Å²) in [6.07, 6.45) is 3.85. The molecule has 3 aromatic carbocycles. The summed E-state index contributed by atoms with van der Waals surface area (Å²) in [6, 6.07) is 27.9. The number of hydrogen-bond donors (Lipinski definition) is 0. The molecule has 0 fully saturated rings. The van der Waals surface area contributed by atoms with E-state index in [1.54, 1.807) is 6.33 Å². The fourth-order valence-electron chi connectivity index (χ4n) is 3.77. The summed E-state index contributed by atoms with van der Waals surface area (Å²) in [5.41, 5.74) is 4.89. The van der Waals surface area contributed by atoms with Gasteiger partial charge in [0, 0.05) is 22.5 Å². The number of aryl methyl sites for hydroxylation is 1. The van der Waals surface area contributed by atoms with Gasteiger partial charge in [0.2, 0.25) is 0 Å². The number of nitrogens with zero attached hydrogens (tertiary/aromatic N) is 4. The van der Waals surface area contributed by atoms with Gasteiger partial charge in [-0.2, -0.15) is 0 Å². The first kappa shape index (κ1) is 21.9. The quantitative estimate of drug-likeness (QED) is 0.251. The molecule has 0 aliphatic heterocycles. The van der Waals surface area contributed by atoms with E-state index in [1.165, 1.54) is 0 Å². The van der Waals surface area contributed by atoms with Crippen LogP contribution >= 0.6 is 11.6 Å². The Hall–Kier alpha value is -3.96. The standard InChI is InChI=1S/C28H23ClN4O/c1-2-33-19-30-32-28(33)26(17-20-7-12-23(29)13-8-20)21-10-15-25(16-11-21)34-18-24-14-9-22-5-3-4-6-27(22)31-24/h3-17,19H,2,18H2,1H3/b26-17+. The van der Waals surface area contributed by atoms with Crippen molar-refractivity contribution >= 4 is 34.2 Å². The third kappa shape index (κ3) is 4.85. The molecule has 0 saturated carbocycles. The molecule has 34 heavy (non-hydrogen) atoms. The highest BCUT2D eigenvalue weighted by Gasteiger charge is 2.13. The highest BCUT2D eigenvalue weighted by atomic mass is 35.5. The molecular weight excluding hydrogens is 444 g/mol. The minimum absolute atomic E-state index is 0.405. The molecule has 0 atom stereocenters. The van der Waals surface area contributed by atoms with Crippen molar-refractivity contribution in [1.82, 2.24) is 19.7 Å². The van der Waals surface area contributed by atoms with E-state index >= 15 is 0 Å². The van der Waals surface area contributed by atoms with Crippen LogP contribution in [-0.4, -0.2) is 19.7 Å². The number of hydrogen-bond acceptors (Lipinski definition) is 4. The molecule has 5 nitrogen and oxygen atoms in total. The van der Waals surface area contributed by atoms with Gasteiger partial charge in [-0.25, -0.2) is 4.98 Å². The van der Waals surface area contributed by atoms with E-state index in [9.17, 15) is 0 Å². The predicted molar refractivity (Wildman–Crippen MR) is 137 cm³/mol. The molecule has 6 heteroatoms. The lowest BCUT2D eigenvalue weighted by Crippen LogP contribution is -2.02. The molecule has 0 aliphatic carbocycles. The lowest BCUT2D eigenvalue weighted by Gasteiger charge is -2.11. The van der Waals surface area contributed by atoms with Crippen molar-refractivity contribution in [3.8, 4) is 5.75 Å². The molecule has 5 aromatic rings. The maximum absolute atomic E-state index is 6.07. The van der Waals surface area contributed by atoms with E-state index in [1.807, 2.05) is 77.4 Å². The maximum atomic E-state index is 6.07. The first-order chi connectivity index (χ1) is 16.7. The average Bonchev–Trinajstić information content (AvgIpc) is 3.36. The number of para-hydroxylation sites is 1. The van der Waals surface area contributed by atoms with E-state index in [4.69, 9.17) is 16.3 Å². The molecular formula is C28H23ClN4O. The third-order valence-electron chi connectivity index (χ3n) is 5.59. The van der Waals surface area contributed by atoms with Crippen molar-refractivity contribution in [3.63, 3.8) is 0 Å². The van der Waals surface area contributed by atoms with Gasteiger partial charge in [0.05, 0.1) is 11.2 Å². The van der Waals surface area contributed by atoms with Gasteiger partial charge in [0.25, 0.3) is 0 Å². The van der Waals surface area contributed by atoms with E-state index in [0.29, 0.717) is 11.6 Å². The largest absolute Gasteiger partial charge is 0.487 e. The van der Waals surface area contributed by atoms with Crippen LogP contribution in [0.4, 0.5) is 0 Å². The van der Waals surface area contributed by atoms with Gasteiger partial charge >= 0.3 is 0 Å². The molecule has 2 aromatic heterocycles. The Labute approximate surface area is 203 Å². The Morgan fingerprint density at radius 3 is 2.53 bits per heavy atom. The minimum Gasteiger partial charge on any atom is -0.487 e. The molecule has 0 amide bonds. The molecule has 0 aliphatic rings. The van der Waals surface area contributed by atoms with Gasteiger partial charge in [-0.3, -0.25) is 0 Å². The number of fused-ring (bicyclic) bond motifs is 1. The van der Waals surface area contributed by atoms with Crippen molar-refractivity contribution in [3.05, 3.63) is 119 Å². The SMILES string of the molecule is CCn1cnnc1/C(=C/c1ccc(Cl)cc1)c1ccc(OCc2ccc3ccccc3n2)cc1. The zero-order chi connectivity index (χ0) is 23.3. The summed E-state index contributed by atoms with van der Waals surface area (Å²) < 4.78 is 8.04. The number of halogens is 1.